The van der Waals surface area contributed by atoms with Crippen molar-refractivity contribution in [2.24, 2.45) is 0 Å². The number of amides is 4. The molecular formula is C34H29N3O4. The molecule has 0 fully saturated rings. The highest BCUT2D eigenvalue weighted by molar-refractivity contribution is 6.23. The lowest BCUT2D eigenvalue weighted by molar-refractivity contribution is -0.120. The van der Waals surface area contributed by atoms with Crippen LogP contribution in [0.25, 0.3) is 0 Å². The summed E-state index contributed by atoms with van der Waals surface area (Å²) in [4.78, 5) is 58.6. The molecule has 6 rings (SSSR count). The molecule has 41 heavy (non-hydrogen) atoms. The quantitative estimate of drug-likeness (QED) is 0.298. The van der Waals surface area contributed by atoms with Crippen LogP contribution in [-0.2, 0) is 22.6 Å². The van der Waals surface area contributed by atoms with Crippen LogP contribution < -0.4 is 9.80 Å². The van der Waals surface area contributed by atoms with Gasteiger partial charge in [0.2, 0.25) is 11.8 Å². The van der Waals surface area contributed by atoms with Crippen LogP contribution in [0.2, 0.25) is 0 Å². The number of benzene rings is 4. The molecule has 0 bridgehead atoms. The van der Waals surface area contributed by atoms with E-state index in [9.17, 15) is 19.2 Å². The van der Waals surface area contributed by atoms with E-state index in [-0.39, 0.29) is 12.3 Å². The maximum absolute atomic E-state index is 14.2. The van der Waals surface area contributed by atoms with Crippen LogP contribution in [0.5, 0.6) is 0 Å². The van der Waals surface area contributed by atoms with Crippen molar-refractivity contribution >= 4 is 35.0 Å². The first-order chi connectivity index (χ1) is 20.0. The van der Waals surface area contributed by atoms with Crippen LogP contribution in [0.15, 0.2) is 109 Å². The summed E-state index contributed by atoms with van der Waals surface area (Å²) in [7, 11) is 0. The highest BCUT2D eigenvalue weighted by atomic mass is 16.2. The number of aryl methyl sites for hydroxylation is 1. The maximum atomic E-state index is 14.2. The molecule has 4 amide bonds. The van der Waals surface area contributed by atoms with Gasteiger partial charge in [-0.15, -0.1) is 0 Å². The molecule has 204 valence electrons. The summed E-state index contributed by atoms with van der Waals surface area (Å²) in [6.45, 7) is -0.0437. The third kappa shape index (κ3) is 5.14. The van der Waals surface area contributed by atoms with Crippen molar-refractivity contribution in [2.75, 3.05) is 16.3 Å². The van der Waals surface area contributed by atoms with E-state index in [0.29, 0.717) is 41.9 Å². The Morgan fingerprint density at radius 1 is 0.634 bits per heavy atom. The fourth-order valence-electron chi connectivity index (χ4n) is 5.71. The molecule has 0 spiro atoms. The first kappa shape index (κ1) is 26.2. The van der Waals surface area contributed by atoms with Crippen molar-refractivity contribution < 1.29 is 19.2 Å². The van der Waals surface area contributed by atoms with Crippen molar-refractivity contribution in [3.05, 3.63) is 131 Å². The van der Waals surface area contributed by atoms with Crippen molar-refractivity contribution in [2.45, 2.75) is 31.8 Å². The third-order valence-corrected chi connectivity index (χ3v) is 7.74. The summed E-state index contributed by atoms with van der Waals surface area (Å²) >= 11 is 0. The average molecular weight is 544 g/mol. The van der Waals surface area contributed by atoms with E-state index < -0.39 is 30.3 Å². The van der Waals surface area contributed by atoms with Crippen molar-refractivity contribution in [3.63, 3.8) is 0 Å². The molecule has 0 saturated carbocycles. The Morgan fingerprint density at radius 2 is 1.17 bits per heavy atom. The number of para-hydroxylation sites is 2. The Morgan fingerprint density at radius 3 is 1.80 bits per heavy atom. The number of hydrogen-bond donors (Lipinski definition) is 0. The highest BCUT2D eigenvalue weighted by Gasteiger charge is 2.40. The molecule has 0 aliphatic carbocycles. The van der Waals surface area contributed by atoms with Crippen molar-refractivity contribution in [1.82, 2.24) is 4.90 Å². The molecule has 4 aromatic rings. The number of hydrogen-bond acceptors (Lipinski definition) is 4. The second kappa shape index (κ2) is 11.2. The van der Waals surface area contributed by atoms with Crippen LogP contribution in [-0.4, -0.2) is 41.1 Å². The van der Waals surface area contributed by atoms with E-state index in [1.165, 1.54) is 0 Å². The summed E-state index contributed by atoms with van der Waals surface area (Å²) in [6, 6.07) is 33.2. The number of carbonyl (C=O) groups is 4. The van der Waals surface area contributed by atoms with Crippen molar-refractivity contribution in [1.29, 1.82) is 0 Å². The van der Waals surface area contributed by atoms with E-state index in [2.05, 4.69) is 0 Å². The van der Waals surface area contributed by atoms with Gasteiger partial charge in [-0.05, 0) is 48.2 Å². The summed E-state index contributed by atoms with van der Waals surface area (Å²) in [5.41, 5.74) is 3.89. The summed E-state index contributed by atoms with van der Waals surface area (Å²) in [6.07, 6.45) is 1.32. The molecule has 0 radical (unpaired) electrons. The lowest BCUT2D eigenvalue weighted by Crippen LogP contribution is -2.47. The summed E-state index contributed by atoms with van der Waals surface area (Å²) < 4.78 is 0. The normalized spacial score (nSPS) is 16.4. The molecule has 0 N–H and O–H groups in total. The Hall–Kier alpha value is -5.04. The van der Waals surface area contributed by atoms with Gasteiger partial charge in [-0.2, -0.15) is 0 Å². The second-order valence-electron chi connectivity index (χ2n) is 10.3. The first-order valence-corrected chi connectivity index (χ1v) is 13.8. The van der Waals surface area contributed by atoms with Gasteiger partial charge < -0.3 is 9.80 Å². The van der Waals surface area contributed by atoms with Gasteiger partial charge in [0.15, 0.2) is 0 Å². The molecule has 2 aliphatic rings. The van der Waals surface area contributed by atoms with Gasteiger partial charge in [0.05, 0.1) is 29.0 Å². The minimum atomic E-state index is -0.482. The Bertz CT molecular complexity index is 1580. The van der Waals surface area contributed by atoms with Gasteiger partial charge in [-0.3, -0.25) is 24.1 Å². The Balaban J connectivity index is 1.36. The van der Waals surface area contributed by atoms with Crippen LogP contribution in [0, 0.1) is 0 Å². The highest BCUT2D eigenvalue weighted by Crippen LogP contribution is 2.37. The molecule has 0 saturated heterocycles. The number of carbonyl (C=O) groups excluding carboxylic acids is 4. The minimum Gasteiger partial charge on any atom is -0.306 e. The third-order valence-electron chi connectivity index (χ3n) is 7.74. The minimum absolute atomic E-state index is 0.0876. The molecule has 1 unspecified atom stereocenters. The van der Waals surface area contributed by atoms with Gasteiger partial charge in [0, 0.05) is 12.5 Å². The number of nitrogens with zero attached hydrogens (tertiary/aromatic N) is 3. The summed E-state index contributed by atoms with van der Waals surface area (Å²) in [5, 5.41) is 0. The lowest BCUT2D eigenvalue weighted by Gasteiger charge is -2.32. The zero-order valence-corrected chi connectivity index (χ0v) is 22.5. The first-order valence-electron chi connectivity index (χ1n) is 13.8. The van der Waals surface area contributed by atoms with Gasteiger partial charge in [-0.25, -0.2) is 0 Å². The lowest BCUT2D eigenvalue weighted by atomic mass is 10.0. The van der Waals surface area contributed by atoms with E-state index >= 15 is 0 Å². The number of fused-ring (bicyclic) bond motifs is 2. The molecule has 4 aromatic carbocycles. The second-order valence-corrected chi connectivity index (χ2v) is 10.3. The number of anilines is 2. The van der Waals surface area contributed by atoms with Crippen LogP contribution in [0.1, 0.15) is 44.7 Å². The molecule has 1 atom stereocenters. The van der Waals surface area contributed by atoms with Crippen molar-refractivity contribution in [3.8, 4) is 0 Å². The van der Waals surface area contributed by atoms with Crippen LogP contribution in [0.3, 0.4) is 0 Å². The fraction of sp³-hybridized carbons (Fsp3) is 0.176. The molecule has 2 aliphatic heterocycles. The Labute approximate surface area is 238 Å². The summed E-state index contributed by atoms with van der Waals surface area (Å²) in [5.74, 6) is -1.45. The van der Waals surface area contributed by atoms with E-state index in [4.69, 9.17) is 0 Å². The van der Waals surface area contributed by atoms with Crippen LogP contribution >= 0.6 is 0 Å². The molecule has 7 heteroatoms. The fourth-order valence-corrected chi connectivity index (χ4v) is 5.71. The maximum Gasteiger partial charge on any atom is 0.262 e. The van der Waals surface area contributed by atoms with Gasteiger partial charge >= 0.3 is 0 Å². The molecule has 7 nitrogen and oxygen atoms in total. The van der Waals surface area contributed by atoms with Crippen LogP contribution in [0.4, 0.5) is 11.4 Å². The monoisotopic (exact) mass is 543 g/mol. The smallest absolute Gasteiger partial charge is 0.262 e. The predicted molar refractivity (Wildman–Crippen MR) is 157 cm³/mol. The zero-order valence-electron chi connectivity index (χ0n) is 22.5. The average Bonchev–Trinajstić information content (AvgIpc) is 3.17. The van der Waals surface area contributed by atoms with E-state index in [1.54, 1.807) is 34.1 Å². The molecule has 0 aromatic heterocycles. The van der Waals surface area contributed by atoms with Gasteiger partial charge in [0.25, 0.3) is 11.8 Å². The largest absolute Gasteiger partial charge is 0.306 e. The van der Waals surface area contributed by atoms with Gasteiger partial charge in [-0.1, -0.05) is 84.9 Å². The topological polar surface area (TPSA) is 78.0 Å². The SMILES string of the molecule is O=C1c2ccccc2C(=O)N1CC(=O)N1c2ccccc2N(Cc2ccccc2)C(=O)CC1CCc1ccccc1. The van der Waals surface area contributed by atoms with Gasteiger partial charge in [0.1, 0.15) is 6.54 Å². The standard InChI is InChI=1S/C34H29N3O4/c38-31-21-26(20-19-24-11-3-1-4-12-24)37(32(39)23-36-33(40)27-15-7-8-16-28(27)34(36)41)30-18-10-9-17-29(30)35(31)22-25-13-5-2-6-14-25/h1-18,26H,19-23H2. The zero-order chi connectivity index (χ0) is 28.3. The predicted octanol–water partition coefficient (Wildman–Crippen LogP) is 5.25. The molecule has 2 heterocycles. The number of rotatable bonds is 7. The Kier molecular flexibility index (Phi) is 7.17. The number of imide groups is 1. The van der Waals surface area contributed by atoms with E-state index in [0.717, 1.165) is 16.0 Å². The van der Waals surface area contributed by atoms with E-state index in [1.807, 2.05) is 84.9 Å². The molecular weight excluding hydrogens is 514 g/mol.